The van der Waals surface area contributed by atoms with Crippen LogP contribution in [0.5, 0.6) is 0 Å². The molecular formula is C15H22N2O7S. The number of sulfonamides is 1. The zero-order chi connectivity index (χ0) is 19.2. The first-order valence-electron chi connectivity index (χ1n) is 7.67. The van der Waals surface area contributed by atoms with E-state index >= 15 is 0 Å². The number of rotatable bonds is 6. The molecule has 1 aromatic heterocycles. The van der Waals surface area contributed by atoms with Gasteiger partial charge in [-0.05, 0) is 13.8 Å². The summed E-state index contributed by atoms with van der Waals surface area (Å²) in [4.78, 5) is 24.0. The predicted molar refractivity (Wildman–Crippen MR) is 86.5 cm³/mol. The Morgan fingerprint density at radius 1 is 1.48 bits per heavy atom. The first-order chi connectivity index (χ1) is 11.4. The minimum Gasteiger partial charge on any atom is -0.479 e. The summed E-state index contributed by atoms with van der Waals surface area (Å²) in [6.45, 7) is 6.95. The summed E-state index contributed by atoms with van der Waals surface area (Å²) in [5.41, 5.74) is -2.42. The number of nitrogens with two attached hydrogens (primary N) is 1. The van der Waals surface area contributed by atoms with Gasteiger partial charge in [0.25, 0.3) is 5.91 Å². The van der Waals surface area contributed by atoms with E-state index in [0.29, 0.717) is 6.61 Å². The fourth-order valence-corrected chi connectivity index (χ4v) is 3.87. The summed E-state index contributed by atoms with van der Waals surface area (Å²) in [6.07, 6.45) is -0.233. The molecule has 2 rings (SSSR count). The molecule has 1 aliphatic carbocycles. The van der Waals surface area contributed by atoms with Gasteiger partial charge in [0, 0.05) is 24.5 Å². The minimum absolute atomic E-state index is 0.0444. The molecule has 2 atom stereocenters. The highest BCUT2D eigenvalue weighted by Crippen LogP contribution is 2.51. The third kappa shape index (κ3) is 3.05. The Labute approximate surface area is 145 Å². The quantitative estimate of drug-likeness (QED) is 0.661. The van der Waals surface area contributed by atoms with E-state index in [1.807, 2.05) is 0 Å². The van der Waals surface area contributed by atoms with Crippen LogP contribution in [0.1, 0.15) is 43.5 Å². The molecule has 25 heavy (non-hydrogen) atoms. The number of ether oxygens (including phenoxy) is 1. The second kappa shape index (κ2) is 6.11. The average molecular weight is 374 g/mol. The van der Waals surface area contributed by atoms with Crippen molar-refractivity contribution in [3.05, 3.63) is 17.6 Å². The molecule has 1 aliphatic rings. The van der Waals surface area contributed by atoms with Gasteiger partial charge in [-0.2, -0.15) is 0 Å². The molecule has 1 amide bonds. The van der Waals surface area contributed by atoms with E-state index in [9.17, 15) is 23.1 Å². The van der Waals surface area contributed by atoms with E-state index < -0.39 is 32.9 Å². The number of carboxylic acids is 1. The molecule has 0 aliphatic heterocycles. The second-order valence-corrected chi connectivity index (χ2v) is 8.14. The van der Waals surface area contributed by atoms with E-state index in [4.69, 9.17) is 14.3 Å². The Kier molecular flexibility index (Phi) is 4.75. The number of hydrogen-bond acceptors (Lipinski definition) is 6. The van der Waals surface area contributed by atoms with E-state index in [2.05, 4.69) is 5.32 Å². The standard InChI is InChI=1S/C15H22N2O7S/c1-5-23-11-7-15(13(19)20,14(11,3)4)17-12(18)9-6-10(8(2)24-9)25(16,21)22/h6,11H,5,7H2,1-4H3,(H,17,18)(H,19,20)(H2,16,21,22). The van der Waals surface area contributed by atoms with Crippen LogP contribution in [-0.4, -0.2) is 43.7 Å². The van der Waals surface area contributed by atoms with Crippen LogP contribution in [0.4, 0.5) is 0 Å². The number of carbonyl (C=O) groups excluding carboxylic acids is 1. The Morgan fingerprint density at radius 2 is 2.08 bits per heavy atom. The Morgan fingerprint density at radius 3 is 2.48 bits per heavy atom. The maximum Gasteiger partial charge on any atom is 0.330 e. The highest BCUT2D eigenvalue weighted by molar-refractivity contribution is 7.89. The van der Waals surface area contributed by atoms with Crippen molar-refractivity contribution >= 4 is 21.9 Å². The van der Waals surface area contributed by atoms with E-state index in [1.54, 1.807) is 20.8 Å². The SMILES string of the molecule is CCOC1CC(NC(=O)c2cc(S(N)(=O)=O)c(C)o2)(C(=O)O)C1(C)C. The van der Waals surface area contributed by atoms with E-state index in [-0.39, 0.29) is 28.9 Å². The van der Waals surface area contributed by atoms with Gasteiger partial charge in [0.05, 0.1) is 6.10 Å². The zero-order valence-corrected chi connectivity index (χ0v) is 15.3. The Balaban J connectivity index is 2.31. The summed E-state index contributed by atoms with van der Waals surface area (Å²) in [7, 11) is -4.05. The van der Waals surface area contributed by atoms with Gasteiger partial charge in [0.1, 0.15) is 16.2 Å². The highest BCUT2D eigenvalue weighted by Gasteiger charge is 2.66. The largest absolute Gasteiger partial charge is 0.479 e. The zero-order valence-electron chi connectivity index (χ0n) is 14.5. The molecule has 1 saturated carbocycles. The van der Waals surface area contributed by atoms with Crippen molar-refractivity contribution in [1.29, 1.82) is 0 Å². The van der Waals surface area contributed by atoms with Crippen molar-refractivity contribution in [2.75, 3.05) is 6.61 Å². The maximum absolute atomic E-state index is 12.5. The van der Waals surface area contributed by atoms with Crippen molar-refractivity contribution in [1.82, 2.24) is 5.32 Å². The first-order valence-corrected chi connectivity index (χ1v) is 9.22. The van der Waals surface area contributed by atoms with Gasteiger partial charge in [0.2, 0.25) is 10.0 Å². The summed E-state index contributed by atoms with van der Waals surface area (Å²) in [6, 6.07) is 0.987. The van der Waals surface area contributed by atoms with Crippen LogP contribution < -0.4 is 10.5 Å². The maximum atomic E-state index is 12.5. The van der Waals surface area contributed by atoms with Crippen LogP contribution in [0, 0.1) is 12.3 Å². The number of aliphatic carboxylic acids is 1. The number of hydrogen-bond donors (Lipinski definition) is 3. The molecule has 2 unspecified atom stereocenters. The molecule has 0 radical (unpaired) electrons. The second-order valence-electron chi connectivity index (χ2n) is 6.61. The summed E-state index contributed by atoms with van der Waals surface area (Å²) < 4.78 is 33.6. The number of aryl methyl sites for hydroxylation is 1. The van der Waals surface area contributed by atoms with Crippen LogP contribution in [0.15, 0.2) is 15.4 Å². The van der Waals surface area contributed by atoms with Crippen LogP contribution in [0.3, 0.4) is 0 Å². The van der Waals surface area contributed by atoms with E-state index in [1.165, 1.54) is 6.92 Å². The molecule has 1 heterocycles. The first kappa shape index (κ1) is 19.4. The molecule has 4 N–H and O–H groups in total. The van der Waals surface area contributed by atoms with Crippen LogP contribution in [-0.2, 0) is 19.6 Å². The average Bonchev–Trinajstić information content (AvgIpc) is 2.87. The molecule has 0 bridgehead atoms. The summed E-state index contributed by atoms with van der Waals surface area (Å²) >= 11 is 0. The number of carboxylic acid groups (broad SMARTS) is 1. The van der Waals surface area contributed by atoms with Crippen LogP contribution in [0.2, 0.25) is 0 Å². The lowest BCUT2D eigenvalue weighted by atomic mass is 9.54. The minimum atomic E-state index is -4.05. The molecule has 10 heteroatoms. The van der Waals surface area contributed by atoms with Crippen molar-refractivity contribution in [2.24, 2.45) is 10.6 Å². The molecule has 0 saturated heterocycles. The van der Waals surface area contributed by atoms with Crippen LogP contribution in [0.25, 0.3) is 0 Å². The smallest absolute Gasteiger partial charge is 0.330 e. The fraction of sp³-hybridized carbons (Fsp3) is 0.600. The predicted octanol–water partition coefficient (Wildman–Crippen LogP) is 0.624. The third-order valence-electron chi connectivity index (χ3n) is 4.86. The molecule has 9 nitrogen and oxygen atoms in total. The molecular weight excluding hydrogens is 352 g/mol. The Bertz CT molecular complexity index is 812. The Hall–Kier alpha value is -1.91. The normalized spacial score (nSPS) is 25.2. The number of amides is 1. The summed E-state index contributed by atoms with van der Waals surface area (Å²) in [5, 5.41) is 17.2. The van der Waals surface area contributed by atoms with Gasteiger partial charge < -0.3 is 19.6 Å². The van der Waals surface area contributed by atoms with Gasteiger partial charge >= 0.3 is 5.97 Å². The lowest BCUT2D eigenvalue weighted by Gasteiger charge is -2.58. The van der Waals surface area contributed by atoms with Gasteiger partial charge in [-0.25, -0.2) is 18.4 Å². The monoisotopic (exact) mass is 374 g/mol. The molecule has 1 fully saturated rings. The summed E-state index contributed by atoms with van der Waals surface area (Å²) in [5.74, 6) is -2.39. The number of nitrogens with one attached hydrogen (secondary N) is 1. The van der Waals surface area contributed by atoms with Crippen LogP contribution >= 0.6 is 0 Å². The topological polar surface area (TPSA) is 149 Å². The lowest BCUT2D eigenvalue weighted by molar-refractivity contribution is -0.190. The highest BCUT2D eigenvalue weighted by atomic mass is 32.2. The number of primary sulfonamides is 1. The molecule has 0 aromatic carbocycles. The lowest BCUT2D eigenvalue weighted by Crippen LogP contribution is -2.76. The molecule has 1 aromatic rings. The van der Waals surface area contributed by atoms with Gasteiger partial charge in [-0.1, -0.05) is 13.8 Å². The van der Waals surface area contributed by atoms with E-state index in [0.717, 1.165) is 6.07 Å². The third-order valence-corrected chi connectivity index (χ3v) is 5.88. The number of furan rings is 1. The van der Waals surface area contributed by atoms with Crippen molar-refractivity contribution in [3.63, 3.8) is 0 Å². The van der Waals surface area contributed by atoms with Gasteiger partial charge in [-0.15, -0.1) is 0 Å². The van der Waals surface area contributed by atoms with Crippen molar-refractivity contribution in [2.45, 2.75) is 50.7 Å². The molecule has 0 spiro atoms. The van der Waals surface area contributed by atoms with Crippen molar-refractivity contribution < 1.29 is 32.3 Å². The van der Waals surface area contributed by atoms with Crippen molar-refractivity contribution in [3.8, 4) is 0 Å². The van der Waals surface area contributed by atoms with Gasteiger partial charge in [0.15, 0.2) is 5.76 Å². The molecule has 140 valence electrons. The van der Waals surface area contributed by atoms with Gasteiger partial charge in [-0.3, -0.25) is 4.79 Å². The fourth-order valence-electron chi connectivity index (χ4n) is 3.15. The number of carbonyl (C=O) groups is 2.